The number of carbonyl (C=O) groups is 1. The molecule has 1 aromatic heterocycles. The Hall–Kier alpha value is -1.80. The number of thiazole rings is 1. The van der Waals surface area contributed by atoms with Gasteiger partial charge in [0.15, 0.2) is 5.13 Å². The van der Waals surface area contributed by atoms with Crippen LogP contribution in [-0.2, 0) is 0 Å². The quantitative estimate of drug-likeness (QED) is 0.448. The van der Waals surface area contributed by atoms with Crippen LogP contribution in [0.5, 0.6) is 5.75 Å². The molecule has 3 aromatic rings. The predicted molar refractivity (Wildman–Crippen MR) is 126 cm³/mol. The first kappa shape index (κ1) is 23.5. The van der Waals surface area contributed by atoms with Crippen molar-refractivity contribution in [3.8, 4) is 5.75 Å². The number of aromatic nitrogens is 1. The van der Waals surface area contributed by atoms with Gasteiger partial charge in [-0.15, -0.1) is 24.2 Å². The molecule has 0 aliphatic carbocycles. The number of anilines is 1. The van der Waals surface area contributed by atoms with E-state index in [2.05, 4.69) is 11.8 Å². The van der Waals surface area contributed by atoms with E-state index in [1.807, 2.05) is 56.6 Å². The van der Waals surface area contributed by atoms with Crippen molar-refractivity contribution in [3.05, 3.63) is 48.0 Å². The summed E-state index contributed by atoms with van der Waals surface area (Å²) in [6.07, 6.45) is 0. The van der Waals surface area contributed by atoms with Crippen molar-refractivity contribution in [1.82, 2.24) is 9.88 Å². The molecule has 0 saturated heterocycles. The average Bonchev–Trinajstić information content (AvgIpc) is 3.11. The highest BCUT2D eigenvalue weighted by molar-refractivity contribution is 7.99. The Labute approximate surface area is 186 Å². The summed E-state index contributed by atoms with van der Waals surface area (Å²) in [6, 6.07) is 13.6. The second-order valence-corrected chi connectivity index (χ2v) is 8.83. The maximum absolute atomic E-state index is 13.5. The van der Waals surface area contributed by atoms with Crippen molar-refractivity contribution in [2.24, 2.45) is 0 Å². The van der Waals surface area contributed by atoms with Crippen LogP contribution in [0.25, 0.3) is 10.2 Å². The van der Waals surface area contributed by atoms with Crippen LogP contribution in [0.4, 0.5) is 5.13 Å². The summed E-state index contributed by atoms with van der Waals surface area (Å²) in [6.45, 7) is 3.43. The smallest absolute Gasteiger partial charge is 0.261 e. The minimum atomic E-state index is -0.00980. The van der Waals surface area contributed by atoms with Crippen LogP contribution < -0.4 is 9.64 Å². The number of thioether (sulfide) groups is 1. The minimum Gasteiger partial charge on any atom is -0.497 e. The Morgan fingerprint density at radius 2 is 1.93 bits per heavy atom. The number of likely N-dealkylation sites (N-methyl/N-ethyl adjacent to an activating group) is 1. The van der Waals surface area contributed by atoms with Gasteiger partial charge in [0.25, 0.3) is 5.91 Å². The maximum atomic E-state index is 13.5. The zero-order valence-corrected chi connectivity index (χ0v) is 19.5. The maximum Gasteiger partial charge on any atom is 0.261 e. The van der Waals surface area contributed by atoms with Crippen LogP contribution in [0, 0.1) is 0 Å². The number of fused-ring (bicyclic) bond motifs is 1. The Morgan fingerprint density at radius 3 is 2.62 bits per heavy atom. The van der Waals surface area contributed by atoms with Gasteiger partial charge in [-0.1, -0.05) is 30.4 Å². The van der Waals surface area contributed by atoms with E-state index in [0.717, 1.165) is 38.7 Å². The van der Waals surface area contributed by atoms with Gasteiger partial charge < -0.3 is 9.64 Å². The molecule has 0 unspecified atom stereocenters. The molecule has 8 heteroatoms. The third-order valence-corrected chi connectivity index (χ3v) is 6.25. The number of benzene rings is 2. The first-order valence-electron chi connectivity index (χ1n) is 9.16. The highest BCUT2D eigenvalue weighted by atomic mass is 35.5. The summed E-state index contributed by atoms with van der Waals surface area (Å²) in [7, 11) is 5.66. The van der Waals surface area contributed by atoms with Gasteiger partial charge in [0.05, 0.1) is 22.9 Å². The van der Waals surface area contributed by atoms with Crippen LogP contribution in [0.2, 0.25) is 0 Å². The molecular formula is C21H26ClN3O2S2. The van der Waals surface area contributed by atoms with Gasteiger partial charge in [-0.25, -0.2) is 4.98 Å². The topological polar surface area (TPSA) is 45.7 Å². The van der Waals surface area contributed by atoms with E-state index < -0.39 is 0 Å². The number of nitrogens with zero attached hydrogens (tertiary/aromatic N) is 3. The molecule has 0 N–H and O–H groups in total. The van der Waals surface area contributed by atoms with Gasteiger partial charge in [-0.2, -0.15) is 0 Å². The first-order chi connectivity index (χ1) is 13.5. The fraction of sp³-hybridized carbons (Fsp3) is 0.333. The molecule has 5 nitrogen and oxygen atoms in total. The molecule has 29 heavy (non-hydrogen) atoms. The lowest BCUT2D eigenvalue weighted by Gasteiger charge is -2.23. The second kappa shape index (κ2) is 10.8. The zero-order valence-electron chi connectivity index (χ0n) is 17.0. The van der Waals surface area contributed by atoms with Gasteiger partial charge >= 0.3 is 0 Å². The summed E-state index contributed by atoms with van der Waals surface area (Å²) in [5.74, 6) is 1.70. The number of ether oxygens (including phenoxy) is 1. The summed E-state index contributed by atoms with van der Waals surface area (Å²) < 4.78 is 6.33. The van der Waals surface area contributed by atoms with Gasteiger partial charge in [0.1, 0.15) is 5.75 Å². The van der Waals surface area contributed by atoms with Crippen LogP contribution in [0.15, 0.2) is 47.4 Å². The minimum absolute atomic E-state index is 0. The van der Waals surface area contributed by atoms with Crippen molar-refractivity contribution in [3.63, 3.8) is 0 Å². The van der Waals surface area contributed by atoms with E-state index >= 15 is 0 Å². The summed E-state index contributed by atoms with van der Waals surface area (Å²) in [5, 5.41) is 0.714. The normalized spacial score (nSPS) is 10.8. The molecule has 3 rings (SSSR count). The first-order valence-corrected chi connectivity index (χ1v) is 11.0. The summed E-state index contributed by atoms with van der Waals surface area (Å²) in [4.78, 5) is 23.1. The molecule has 0 aliphatic heterocycles. The Kier molecular flexibility index (Phi) is 8.77. The van der Waals surface area contributed by atoms with Crippen molar-refractivity contribution in [1.29, 1.82) is 0 Å². The van der Waals surface area contributed by atoms with Crippen molar-refractivity contribution in [2.45, 2.75) is 11.8 Å². The molecule has 0 spiro atoms. The SMILES string of the molecule is CCSc1ccccc1C(=O)N(CCN(C)C)c1nc2ccc(OC)cc2s1.Cl. The number of rotatable bonds is 8. The second-order valence-electron chi connectivity index (χ2n) is 6.52. The lowest BCUT2D eigenvalue weighted by atomic mass is 10.2. The molecular weight excluding hydrogens is 426 g/mol. The van der Waals surface area contributed by atoms with E-state index in [1.54, 1.807) is 23.8 Å². The van der Waals surface area contributed by atoms with Crippen molar-refractivity contribution >= 4 is 56.8 Å². The van der Waals surface area contributed by atoms with Gasteiger partial charge in [-0.3, -0.25) is 9.69 Å². The average molecular weight is 452 g/mol. The zero-order chi connectivity index (χ0) is 20.1. The highest BCUT2D eigenvalue weighted by Crippen LogP contribution is 2.33. The van der Waals surface area contributed by atoms with E-state index in [-0.39, 0.29) is 18.3 Å². The largest absolute Gasteiger partial charge is 0.497 e. The van der Waals surface area contributed by atoms with Crippen molar-refractivity contribution < 1.29 is 9.53 Å². The Morgan fingerprint density at radius 1 is 1.17 bits per heavy atom. The summed E-state index contributed by atoms with van der Waals surface area (Å²) >= 11 is 3.20. The third-order valence-electron chi connectivity index (χ3n) is 4.25. The number of hydrogen-bond donors (Lipinski definition) is 0. The van der Waals surface area contributed by atoms with E-state index in [9.17, 15) is 4.79 Å². The number of amides is 1. The van der Waals surface area contributed by atoms with E-state index in [4.69, 9.17) is 9.72 Å². The van der Waals surface area contributed by atoms with Gasteiger partial charge in [-0.05, 0) is 50.2 Å². The number of carbonyl (C=O) groups excluding carboxylic acids is 1. The monoisotopic (exact) mass is 451 g/mol. The lowest BCUT2D eigenvalue weighted by molar-refractivity contribution is 0.0982. The Bertz CT molecular complexity index is 962. The molecule has 156 valence electrons. The van der Waals surface area contributed by atoms with Crippen LogP contribution in [0.1, 0.15) is 17.3 Å². The molecule has 1 heterocycles. The number of methoxy groups -OCH3 is 1. The Balaban J connectivity index is 0.00000300. The molecule has 0 bridgehead atoms. The molecule has 0 fully saturated rings. The van der Waals surface area contributed by atoms with E-state index in [0.29, 0.717) is 11.7 Å². The molecule has 0 radical (unpaired) electrons. The number of hydrogen-bond acceptors (Lipinski definition) is 6. The molecule has 2 aromatic carbocycles. The van der Waals surface area contributed by atoms with Crippen LogP contribution in [0.3, 0.4) is 0 Å². The van der Waals surface area contributed by atoms with Gasteiger partial charge in [0.2, 0.25) is 0 Å². The lowest BCUT2D eigenvalue weighted by Crippen LogP contribution is -2.37. The molecule has 1 amide bonds. The molecule has 0 saturated carbocycles. The van der Waals surface area contributed by atoms with E-state index in [1.165, 1.54) is 11.3 Å². The van der Waals surface area contributed by atoms with Crippen LogP contribution in [-0.4, -0.2) is 55.8 Å². The third kappa shape index (κ3) is 5.63. The predicted octanol–water partition coefficient (Wildman–Crippen LogP) is 5.05. The fourth-order valence-corrected chi connectivity index (χ4v) is 4.60. The van der Waals surface area contributed by atoms with Crippen LogP contribution >= 0.6 is 35.5 Å². The molecule has 0 aliphatic rings. The fourth-order valence-electron chi connectivity index (χ4n) is 2.79. The number of halogens is 1. The molecule has 0 atom stereocenters. The highest BCUT2D eigenvalue weighted by Gasteiger charge is 2.23. The summed E-state index contributed by atoms with van der Waals surface area (Å²) in [5.41, 5.74) is 1.60. The standard InChI is InChI=1S/C21H25N3O2S2.ClH/c1-5-27-18-9-7-6-8-16(18)20(25)24(13-12-23(2)3)21-22-17-11-10-15(26-4)14-19(17)28-21;/h6-11,14H,5,12-13H2,1-4H3;1H. The van der Waals surface area contributed by atoms with Crippen molar-refractivity contribution in [2.75, 3.05) is 44.9 Å². The van der Waals surface area contributed by atoms with Gasteiger partial charge in [0, 0.05) is 18.0 Å².